The standard InChI is InChI=1S/C13H10ClNO.CH5N5O2/c14-10-6-7-12(15)11(8-10)13(16)9-4-2-1-3-5-9;2-1(3)4-5-6(7)8/h1-8H,15H2;5H,(H4,2,3,4). The Labute approximate surface area is 142 Å². The second kappa shape index (κ2) is 8.96. The molecular formula is C14H15ClN6O3. The van der Waals surface area contributed by atoms with Gasteiger partial charge in [-0.3, -0.25) is 4.79 Å². The lowest BCUT2D eigenvalue weighted by molar-refractivity contribution is -0.545. The summed E-state index contributed by atoms with van der Waals surface area (Å²) in [6.07, 6.45) is 0. The van der Waals surface area contributed by atoms with E-state index < -0.39 is 5.03 Å². The summed E-state index contributed by atoms with van der Waals surface area (Å²) in [6.45, 7) is 0. The summed E-state index contributed by atoms with van der Waals surface area (Å²) in [6, 6.07) is 13.9. The molecule has 2 aromatic rings. The number of ketones is 1. The average molecular weight is 351 g/mol. The fourth-order valence-electron chi connectivity index (χ4n) is 1.57. The number of hydrazine groups is 1. The molecule has 9 nitrogen and oxygen atoms in total. The first-order chi connectivity index (χ1) is 11.3. The van der Waals surface area contributed by atoms with Crippen LogP contribution >= 0.6 is 11.6 Å². The number of nitro groups is 1. The molecule has 0 aromatic heterocycles. The number of nitrogens with two attached hydrogens (primary N) is 3. The molecule has 2 aromatic carbocycles. The Hall–Kier alpha value is -3.33. The van der Waals surface area contributed by atoms with Crippen molar-refractivity contribution in [3.8, 4) is 0 Å². The maximum absolute atomic E-state index is 12.1. The Morgan fingerprint density at radius 3 is 2.29 bits per heavy atom. The van der Waals surface area contributed by atoms with E-state index in [2.05, 4.69) is 5.10 Å². The number of nitrogens with zero attached hydrogens (tertiary/aromatic N) is 2. The van der Waals surface area contributed by atoms with Gasteiger partial charge in [-0.1, -0.05) is 41.9 Å². The van der Waals surface area contributed by atoms with Gasteiger partial charge in [0.1, 0.15) is 0 Å². The molecule has 0 bridgehead atoms. The van der Waals surface area contributed by atoms with Crippen molar-refractivity contribution in [3.63, 3.8) is 0 Å². The maximum atomic E-state index is 12.1. The van der Waals surface area contributed by atoms with Crippen molar-refractivity contribution < 1.29 is 9.83 Å². The second-order valence-corrected chi connectivity index (χ2v) is 4.76. The number of halogens is 1. The zero-order chi connectivity index (χ0) is 18.1. The number of hydrazone groups is 1. The number of nitrogen functional groups attached to an aromatic ring is 1. The van der Waals surface area contributed by atoms with E-state index in [1.165, 1.54) is 5.53 Å². The van der Waals surface area contributed by atoms with E-state index in [1.54, 1.807) is 30.3 Å². The van der Waals surface area contributed by atoms with Crippen molar-refractivity contribution in [2.24, 2.45) is 16.6 Å². The van der Waals surface area contributed by atoms with Crippen LogP contribution in [0.3, 0.4) is 0 Å². The lowest BCUT2D eigenvalue weighted by Gasteiger charge is -2.05. The molecule has 2 rings (SSSR count). The average Bonchev–Trinajstić information content (AvgIpc) is 2.56. The van der Waals surface area contributed by atoms with Gasteiger partial charge in [0.15, 0.2) is 5.78 Å². The SMILES string of the molecule is NC(N)=NN[N+](=O)[O-].Nc1ccc(Cl)cc1C(=O)c1ccccc1. The number of guanidine groups is 1. The first kappa shape index (κ1) is 18.7. The van der Waals surface area contributed by atoms with Crippen molar-refractivity contribution in [2.45, 2.75) is 0 Å². The summed E-state index contributed by atoms with van der Waals surface area (Å²) in [4.78, 5) is 21.5. The van der Waals surface area contributed by atoms with Crippen molar-refractivity contribution in [1.29, 1.82) is 0 Å². The second-order valence-electron chi connectivity index (χ2n) is 4.32. The van der Waals surface area contributed by atoms with Gasteiger partial charge in [-0.05, 0) is 23.7 Å². The normalized spacial score (nSPS) is 9.21. The molecule has 0 radical (unpaired) electrons. The Morgan fingerprint density at radius 2 is 1.79 bits per heavy atom. The Bertz CT molecular complexity index is 747. The highest BCUT2D eigenvalue weighted by molar-refractivity contribution is 6.31. The van der Waals surface area contributed by atoms with Crippen LogP contribution in [0.5, 0.6) is 0 Å². The van der Waals surface area contributed by atoms with Crippen molar-refractivity contribution in [3.05, 3.63) is 74.8 Å². The van der Waals surface area contributed by atoms with Crippen LogP contribution in [0, 0.1) is 10.1 Å². The van der Waals surface area contributed by atoms with Crippen molar-refractivity contribution in [1.82, 2.24) is 5.53 Å². The third kappa shape index (κ3) is 6.20. The minimum absolute atomic E-state index is 0.111. The zero-order valence-corrected chi connectivity index (χ0v) is 13.1. The number of benzene rings is 2. The molecule has 0 spiro atoms. The monoisotopic (exact) mass is 350 g/mol. The molecule has 0 atom stereocenters. The summed E-state index contributed by atoms with van der Waals surface area (Å²) in [5.74, 6) is -0.484. The van der Waals surface area contributed by atoms with Crippen molar-refractivity contribution >= 4 is 29.0 Å². The number of rotatable bonds is 4. The number of anilines is 1. The Balaban J connectivity index is 0.000000307. The van der Waals surface area contributed by atoms with E-state index in [0.29, 0.717) is 21.8 Å². The highest BCUT2D eigenvalue weighted by Crippen LogP contribution is 2.20. The van der Waals surface area contributed by atoms with Crippen LogP contribution in [0.25, 0.3) is 0 Å². The molecule has 0 saturated heterocycles. The van der Waals surface area contributed by atoms with Crippen LogP contribution in [0.4, 0.5) is 5.69 Å². The summed E-state index contributed by atoms with van der Waals surface area (Å²) in [5.41, 5.74) is 18.1. The highest BCUT2D eigenvalue weighted by atomic mass is 35.5. The van der Waals surface area contributed by atoms with Crippen LogP contribution in [0.2, 0.25) is 5.02 Å². The van der Waals surface area contributed by atoms with E-state index in [-0.39, 0.29) is 11.7 Å². The lowest BCUT2D eigenvalue weighted by Crippen LogP contribution is -2.28. The molecule has 0 unspecified atom stereocenters. The molecule has 0 fully saturated rings. The molecule has 126 valence electrons. The largest absolute Gasteiger partial charge is 0.398 e. The lowest BCUT2D eigenvalue weighted by atomic mass is 10.0. The highest BCUT2D eigenvalue weighted by Gasteiger charge is 2.12. The maximum Gasteiger partial charge on any atom is 0.332 e. The molecule has 0 aliphatic rings. The molecule has 0 aliphatic carbocycles. The molecule has 0 saturated carbocycles. The molecule has 7 N–H and O–H groups in total. The topological polar surface area (TPSA) is 163 Å². The molecule has 24 heavy (non-hydrogen) atoms. The minimum Gasteiger partial charge on any atom is -0.398 e. The minimum atomic E-state index is -0.875. The first-order valence-electron chi connectivity index (χ1n) is 6.44. The van der Waals surface area contributed by atoms with Gasteiger partial charge in [-0.2, -0.15) is 0 Å². The van der Waals surface area contributed by atoms with Gasteiger partial charge >= 0.3 is 5.96 Å². The first-order valence-corrected chi connectivity index (χ1v) is 6.82. The number of hydrogen-bond donors (Lipinski definition) is 4. The van der Waals surface area contributed by atoms with Gasteiger partial charge in [-0.25, -0.2) is 0 Å². The summed E-state index contributed by atoms with van der Waals surface area (Å²) >= 11 is 5.84. The van der Waals surface area contributed by atoms with Gasteiger partial charge in [0.05, 0.1) is 10.1 Å². The summed E-state index contributed by atoms with van der Waals surface area (Å²) in [5, 5.41) is 11.9. The van der Waals surface area contributed by atoms with E-state index >= 15 is 0 Å². The Morgan fingerprint density at radius 1 is 1.17 bits per heavy atom. The fraction of sp³-hybridized carbons (Fsp3) is 0. The Kier molecular flexibility index (Phi) is 6.98. The number of carbonyl (C=O) groups excluding carboxylic acids is 1. The predicted molar refractivity (Wildman–Crippen MR) is 91.7 cm³/mol. The molecule has 10 heteroatoms. The number of nitrogens with one attached hydrogen (secondary N) is 1. The van der Waals surface area contributed by atoms with Gasteiger partial charge in [0, 0.05) is 21.8 Å². The van der Waals surface area contributed by atoms with Crippen LogP contribution in [-0.2, 0) is 0 Å². The van der Waals surface area contributed by atoms with Gasteiger partial charge < -0.3 is 27.3 Å². The molecule has 0 aliphatic heterocycles. The van der Waals surface area contributed by atoms with Crippen LogP contribution in [0.1, 0.15) is 15.9 Å². The third-order valence-electron chi connectivity index (χ3n) is 2.56. The number of carbonyl (C=O) groups is 1. The van der Waals surface area contributed by atoms with Crippen molar-refractivity contribution in [2.75, 3.05) is 5.73 Å². The van der Waals surface area contributed by atoms with Crippen LogP contribution in [0.15, 0.2) is 53.6 Å². The van der Waals surface area contributed by atoms with Crippen LogP contribution in [-0.4, -0.2) is 16.8 Å². The summed E-state index contributed by atoms with van der Waals surface area (Å²) in [7, 11) is 0. The third-order valence-corrected chi connectivity index (χ3v) is 2.79. The van der Waals surface area contributed by atoms with Gasteiger partial charge in [0.2, 0.25) is 0 Å². The van der Waals surface area contributed by atoms with E-state index in [4.69, 9.17) is 28.8 Å². The number of hydrogen-bond acceptors (Lipinski definition) is 5. The van der Waals surface area contributed by atoms with Crippen LogP contribution < -0.4 is 22.7 Å². The fourth-order valence-corrected chi connectivity index (χ4v) is 1.74. The summed E-state index contributed by atoms with van der Waals surface area (Å²) < 4.78 is 0. The van der Waals surface area contributed by atoms with E-state index in [0.717, 1.165) is 0 Å². The quantitative estimate of drug-likeness (QED) is 0.160. The van der Waals surface area contributed by atoms with E-state index in [1.807, 2.05) is 18.2 Å². The molecule has 0 amide bonds. The smallest absolute Gasteiger partial charge is 0.332 e. The zero-order valence-electron chi connectivity index (χ0n) is 12.3. The predicted octanol–water partition coefficient (Wildman–Crippen LogP) is 1.11. The van der Waals surface area contributed by atoms with Gasteiger partial charge in [-0.15, -0.1) is 0 Å². The molecular weight excluding hydrogens is 336 g/mol. The van der Waals surface area contributed by atoms with Gasteiger partial charge in [0.25, 0.3) is 0 Å². The van der Waals surface area contributed by atoms with E-state index in [9.17, 15) is 14.9 Å². The molecule has 0 heterocycles.